The molecule has 1 aromatic carbocycles. The van der Waals surface area contributed by atoms with Gasteiger partial charge in [-0.3, -0.25) is 0 Å². The Balaban J connectivity index is 0.00000324. The average molecular weight is 276 g/mol. The second-order valence-corrected chi connectivity index (χ2v) is 5.65. The van der Waals surface area contributed by atoms with Gasteiger partial charge in [-0.15, -0.1) is 0 Å². The molecular weight excluding hydrogens is 259 g/mol. The van der Waals surface area contributed by atoms with Crippen LogP contribution in [0.3, 0.4) is 0 Å². The molecule has 1 rings (SSSR count). The van der Waals surface area contributed by atoms with Crippen LogP contribution in [-0.2, 0) is 10.1 Å². The molecule has 0 aliphatic rings. The minimum absolute atomic E-state index is 0. The molecule has 0 fully saturated rings. The minimum Gasteiger partial charge on any atom is -0.748 e. The summed E-state index contributed by atoms with van der Waals surface area (Å²) in [5.41, 5.74) is 2.04. The van der Waals surface area contributed by atoms with Crippen LogP contribution in [0.5, 0.6) is 5.75 Å². The van der Waals surface area contributed by atoms with E-state index in [9.17, 15) is 13.0 Å². The number of hydrogen-bond donors (Lipinski definition) is 0. The Morgan fingerprint density at radius 2 is 1.84 bits per heavy atom. The van der Waals surface area contributed by atoms with E-state index >= 15 is 0 Å². The van der Waals surface area contributed by atoms with E-state index < -0.39 is 10.1 Å². The molecule has 0 radical (unpaired) electrons. The molecule has 100 valence electrons. The Morgan fingerprint density at radius 1 is 1.26 bits per heavy atom. The van der Waals surface area contributed by atoms with E-state index in [2.05, 4.69) is 6.58 Å². The van der Waals surface area contributed by atoms with Crippen LogP contribution >= 0.6 is 0 Å². The van der Waals surface area contributed by atoms with Crippen molar-refractivity contribution >= 4 is 15.7 Å². The first-order valence-electron chi connectivity index (χ1n) is 5.71. The van der Waals surface area contributed by atoms with Crippen molar-refractivity contribution in [2.75, 3.05) is 12.4 Å². The summed E-state index contributed by atoms with van der Waals surface area (Å²) in [6.45, 7) is 6.17. The summed E-state index contributed by atoms with van der Waals surface area (Å²) in [5, 5.41) is 0. The van der Waals surface area contributed by atoms with E-state index in [-0.39, 0.29) is 24.6 Å². The second-order valence-electron chi connectivity index (χ2n) is 4.12. The van der Waals surface area contributed by atoms with Crippen LogP contribution in [0.2, 0.25) is 0 Å². The number of allylic oxidation sites excluding steroid dienone is 1. The number of benzene rings is 1. The maximum atomic E-state index is 10.4. The van der Waals surface area contributed by atoms with Gasteiger partial charge in [-0.2, -0.15) is 0 Å². The Labute approximate surface area is 126 Å². The van der Waals surface area contributed by atoms with Gasteiger partial charge in [-0.25, -0.2) is 8.42 Å². The number of rotatable bonds is 7. The second kappa shape index (κ2) is 8.44. The molecule has 0 atom stereocenters. The van der Waals surface area contributed by atoms with Crippen LogP contribution in [0.4, 0.5) is 0 Å². The van der Waals surface area contributed by atoms with Gasteiger partial charge in [-0.1, -0.05) is 24.3 Å². The molecule has 0 aliphatic heterocycles. The zero-order valence-electron chi connectivity index (χ0n) is 11.4. The van der Waals surface area contributed by atoms with E-state index in [0.29, 0.717) is 19.4 Å². The van der Waals surface area contributed by atoms with Gasteiger partial charge < -0.3 is 9.29 Å². The van der Waals surface area contributed by atoms with E-state index in [1.807, 2.05) is 31.2 Å². The summed E-state index contributed by atoms with van der Waals surface area (Å²) in [7, 11) is -4.10. The van der Waals surface area contributed by atoms with Crippen molar-refractivity contribution in [3.05, 3.63) is 36.4 Å². The molecule has 0 spiro atoms. The van der Waals surface area contributed by atoms with Crippen molar-refractivity contribution < 1.29 is 36.6 Å². The zero-order chi connectivity index (χ0) is 13.6. The fourth-order valence-corrected chi connectivity index (χ4v) is 1.96. The van der Waals surface area contributed by atoms with Gasteiger partial charge in [0.15, 0.2) is 0 Å². The summed E-state index contributed by atoms with van der Waals surface area (Å²) in [6.07, 6.45) is 0.874. The summed E-state index contributed by atoms with van der Waals surface area (Å²) in [5.74, 6) is 0.398. The normalized spacial score (nSPS) is 10.6. The van der Waals surface area contributed by atoms with Crippen molar-refractivity contribution in [3.63, 3.8) is 0 Å². The third-order valence-corrected chi connectivity index (χ3v) is 3.19. The van der Waals surface area contributed by atoms with Crippen LogP contribution in [-0.4, -0.2) is 25.3 Å². The molecule has 0 heterocycles. The Hall–Kier alpha value is -0.733. The molecule has 0 saturated heterocycles. The Kier molecular flexibility index (Phi) is 8.12. The monoisotopic (exact) mass is 276 g/mol. The quantitative estimate of drug-likeness (QED) is 0.380. The van der Waals surface area contributed by atoms with Crippen LogP contribution in [0.1, 0.15) is 25.3 Å². The Morgan fingerprint density at radius 3 is 2.32 bits per heavy atom. The molecule has 0 aliphatic carbocycles. The smallest absolute Gasteiger partial charge is 0.748 e. The average Bonchev–Trinajstić information content (AvgIpc) is 2.27. The molecule has 0 saturated carbocycles. The first kappa shape index (κ1) is 18.3. The fourth-order valence-electron chi connectivity index (χ4n) is 1.41. The predicted molar refractivity (Wildman–Crippen MR) is 70.4 cm³/mol. The number of ether oxygens (including phenoxy) is 1. The molecule has 6 heteroatoms. The van der Waals surface area contributed by atoms with Gasteiger partial charge in [0.2, 0.25) is 0 Å². The zero-order valence-corrected chi connectivity index (χ0v) is 12.2. The molecule has 4 nitrogen and oxygen atoms in total. The van der Waals surface area contributed by atoms with Gasteiger partial charge in [0.05, 0.1) is 16.7 Å². The van der Waals surface area contributed by atoms with Crippen molar-refractivity contribution in [2.45, 2.75) is 19.8 Å². The van der Waals surface area contributed by atoms with Crippen molar-refractivity contribution in [1.29, 1.82) is 0 Å². The largest absolute Gasteiger partial charge is 1.00 e. The summed E-state index contributed by atoms with van der Waals surface area (Å²) in [6, 6.07) is 7.52. The van der Waals surface area contributed by atoms with Crippen LogP contribution in [0.25, 0.3) is 5.57 Å². The van der Waals surface area contributed by atoms with Gasteiger partial charge in [-0.05, 0) is 37.5 Å². The molecule has 19 heavy (non-hydrogen) atoms. The molecule has 0 bridgehead atoms. The van der Waals surface area contributed by atoms with E-state index in [4.69, 9.17) is 4.74 Å². The predicted octanol–water partition coefficient (Wildman–Crippen LogP) is -0.572. The van der Waals surface area contributed by atoms with E-state index in [1.165, 1.54) is 0 Å². The summed E-state index contributed by atoms with van der Waals surface area (Å²) < 4.78 is 36.5. The van der Waals surface area contributed by atoms with Crippen LogP contribution in [0.15, 0.2) is 30.8 Å². The Bertz CT molecular complexity index is 494. The molecule has 0 N–H and O–H groups in total. The third kappa shape index (κ3) is 8.12. The van der Waals surface area contributed by atoms with Crippen molar-refractivity contribution in [3.8, 4) is 5.75 Å². The maximum Gasteiger partial charge on any atom is 1.00 e. The molecule has 1 aromatic rings. The third-order valence-electron chi connectivity index (χ3n) is 2.40. The minimum atomic E-state index is -4.10. The van der Waals surface area contributed by atoms with Crippen molar-refractivity contribution in [2.24, 2.45) is 0 Å². The van der Waals surface area contributed by atoms with Gasteiger partial charge in [0, 0.05) is 5.75 Å². The fraction of sp³-hybridized carbons (Fsp3) is 0.385. The van der Waals surface area contributed by atoms with E-state index in [0.717, 1.165) is 16.9 Å². The number of hydrogen-bond acceptors (Lipinski definition) is 4. The topological polar surface area (TPSA) is 66.4 Å². The molecule has 0 amide bonds. The molecule has 0 aromatic heterocycles. The first-order chi connectivity index (χ1) is 8.38. The van der Waals surface area contributed by atoms with Crippen molar-refractivity contribution in [1.82, 2.24) is 0 Å². The van der Waals surface area contributed by atoms with E-state index in [1.54, 1.807) is 0 Å². The number of unbranched alkanes of at least 4 members (excludes halogenated alkanes) is 1. The van der Waals surface area contributed by atoms with Crippen LogP contribution < -0.4 is 23.6 Å². The standard InChI is InChI=1S/C13H18O4S.Li/c1-11(2)12-5-7-13(8-6-12)17-9-3-4-10-18(14,15)16;/h5-8H,1,3-4,9-10H2,2H3,(H,14,15,16);/q;+1/p-1. The van der Waals surface area contributed by atoms with Gasteiger partial charge >= 0.3 is 18.9 Å². The summed E-state index contributed by atoms with van der Waals surface area (Å²) >= 11 is 0. The SMILES string of the molecule is C=C(C)c1ccc(OCCCCS(=O)(=O)[O-])cc1.[Li+]. The van der Waals surface area contributed by atoms with Gasteiger partial charge in [0.25, 0.3) is 0 Å². The first-order valence-corrected chi connectivity index (χ1v) is 7.28. The van der Waals surface area contributed by atoms with Crippen LogP contribution in [0, 0.1) is 0 Å². The maximum absolute atomic E-state index is 10.4. The molecule has 0 unspecified atom stereocenters. The summed E-state index contributed by atoms with van der Waals surface area (Å²) in [4.78, 5) is 0. The van der Waals surface area contributed by atoms with Gasteiger partial charge in [0.1, 0.15) is 5.75 Å². The molecular formula is C13H17LiO4S.